The van der Waals surface area contributed by atoms with E-state index in [9.17, 15) is 14.4 Å². The lowest BCUT2D eigenvalue weighted by Gasteiger charge is -2.56. The van der Waals surface area contributed by atoms with Gasteiger partial charge >= 0.3 is 12.1 Å². The van der Waals surface area contributed by atoms with Crippen LogP contribution in [0.5, 0.6) is 0 Å². The zero-order valence-corrected chi connectivity index (χ0v) is 19.9. The molecule has 8 nitrogen and oxygen atoms in total. The molecule has 5 aliphatic rings. The van der Waals surface area contributed by atoms with Crippen LogP contribution < -0.4 is 10.6 Å². The maximum atomic E-state index is 12.8. The summed E-state index contributed by atoms with van der Waals surface area (Å²) in [6, 6.07) is -0.777. The molecule has 0 spiro atoms. The van der Waals surface area contributed by atoms with Crippen LogP contribution in [0.1, 0.15) is 65.7 Å². The van der Waals surface area contributed by atoms with Gasteiger partial charge in [0.1, 0.15) is 0 Å². The highest BCUT2D eigenvalue weighted by molar-refractivity contribution is 5.97. The first kappa shape index (κ1) is 23.3. The van der Waals surface area contributed by atoms with E-state index in [4.69, 9.17) is 4.74 Å². The van der Waals surface area contributed by atoms with Gasteiger partial charge in [-0.25, -0.2) is 9.59 Å². The quantitative estimate of drug-likeness (QED) is 0.675. The van der Waals surface area contributed by atoms with Crippen molar-refractivity contribution in [3.63, 3.8) is 0 Å². The van der Waals surface area contributed by atoms with Gasteiger partial charge < -0.3 is 15.0 Å². The van der Waals surface area contributed by atoms with Crippen molar-refractivity contribution >= 4 is 18.0 Å². The molecule has 4 amide bonds. The van der Waals surface area contributed by atoms with Gasteiger partial charge in [0.05, 0.1) is 12.6 Å². The van der Waals surface area contributed by atoms with Crippen LogP contribution in [-0.4, -0.2) is 72.2 Å². The topological polar surface area (TPSA) is 91.0 Å². The molecule has 4 bridgehead atoms. The Morgan fingerprint density at radius 2 is 1.56 bits per heavy atom. The van der Waals surface area contributed by atoms with Gasteiger partial charge in [0.25, 0.3) is 0 Å². The van der Waals surface area contributed by atoms with Gasteiger partial charge in [0, 0.05) is 31.7 Å². The zero-order valence-electron chi connectivity index (χ0n) is 19.9. The van der Waals surface area contributed by atoms with E-state index in [-0.39, 0.29) is 23.6 Å². The molecule has 5 rings (SSSR count). The summed E-state index contributed by atoms with van der Waals surface area (Å²) >= 11 is 0. The smallest absolute Gasteiger partial charge is 0.409 e. The fraction of sp³-hybridized carbons (Fsp3) is 0.875. The summed E-state index contributed by atoms with van der Waals surface area (Å²) in [7, 11) is 0. The molecule has 2 N–H and O–H groups in total. The zero-order chi connectivity index (χ0) is 22.9. The maximum Gasteiger partial charge on any atom is 0.409 e. The molecule has 0 aromatic rings. The Morgan fingerprint density at radius 1 is 0.938 bits per heavy atom. The molecule has 180 valence electrons. The predicted molar refractivity (Wildman–Crippen MR) is 121 cm³/mol. The second-order valence-corrected chi connectivity index (χ2v) is 11.2. The summed E-state index contributed by atoms with van der Waals surface area (Å²) in [6.07, 6.45) is 7.61. The third-order valence-electron chi connectivity index (χ3n) is 7.91. The first-order valence-electron chi connectivity index (χ1n) is 12.5. The molecule has 32 heavy (non-hydrogen) atoms. The second-order valence-electron chi connectivity index (χ2n) is 11.2. The standard InChI is InChI=1S/C24H40N4O4/c1-16(2)15-32-23(31)28-6-4-5-27(7-8-28)17(3)21(29)25-22(30)26-24-12-18-9-19(13-24)11-20(10-18)14-24/h16-20H,4-15H2,1-3H3,(H2,25,26,29,30). The Labute approximate surface area is 191 Å². The molecule has 0 aromatic carbocycles. The van der Waals surface area contributed by atoms with Crippen molar-refractivity contribution < 1.29 is 19.1 Å². The Kier molecular flexibility index (Phi) is 6.98. The highest BCUT2D eigenvalue weighted by atomic mass is 16.6. The van der Waals surface area contributed by atoms with E-state index < -0.39 is 6.04 Å². The Hall–Kier alpha value is -1.83. The van der Waals surface area contributed by atoms with Crippen LogP contribution in [0.2, 0.25) is 0 Å². The summed E-state index contributed by atoms with van der Waals surface area (Å²) < 4.78 is 5.35. The molecule has 0 radical (unpaired) electrons. The lowest BCUT2D eigenvalue weighted by molar-refractivity contribution is -0.124. The molecule has 1 saturated heterocycles. The average molecular weight is 449 g/mol. The van der Waals surface area contributed by atoms with Crippen LogP contribution >= 0.6 is 0 Å². The van der Waals surface area contributed by atoms with E-state index in [1.54, 1.807) is 4.90 Å². The Balaban J connectivity index is 1.25. The van der Waals surface area contributed by atoms with Crippen molar-refractivity contribution in [2.24, 2.45) is 23.7 Å². The largest absolute Gasteiger partial charge is 0.449 e. The molecule has 1 atom stereocenters. The normalized spacial score (nSPS) is 33.0. The number of hydrogen-bond acceptors (Lipinski definition) is 5. The van der Waals surface area contributed by atoms with E-state index >= 15 is 0 Å². The van der Waals surface area contributed by atoms with Gasteiger partial charge in [-0.2, -0.15) is 0 Å². The lowest BCUT2D eigenvalue weighted by Crippen LogP contribution is -2.62. The highest BCUT2D eigenvalue weighted by Gasteiger charge is 2.51. The highest BCUT2D eigenvalue weighted by Crippen LogP contribution is 2.55. The van der Waals surface area contributed by atoms with E-state index in [1.807, 2.05) is 25.7 Å². The van der Waals surface area contributed by atoms with Crippen LogP contribution in [0.15, 0.2) is 0 Å². The molecule has 1 heterocycles. The van der Waals surface area contributed by atoms with Crippen LogP contribution in [0.3, 0.4) is 0 Å². The molecule has 4 aliphatic carbocycles. The number of ether oxygens (including phenoxy) is 1. The van der Waals surface area contributed by atoms with Crippen LogP contribution in [0.4, 0.5) is 9.59 Å². The van der Waals surface area contributed by atoms with E-state index in [1.165, 1.54) is 19.3 Å². The number of carbonyl (C=O) groups is 3. The van der Waals surface area contributed by atoms with Crippen molar-refractivity contribution in [1.82, 2.24) is 20.4 Å². The SMILES string of the molecule is CC(C)COC(=O)N1CCCN(C(C)C(=O)NC(=O)NC23CC4CC(CC(C4)C2)C3)CC1. The maximum absolute atomic E-state index is 12.8. The number of nitrogens with zero attached hydrogens (tertiary/aromatic N) is 2. The van der Waals surface area contributed by atoms with Gasteiger partial charge in [-0.3, -0.25) is 15.0 Å². The first-order valence-corrected chi connectivity index (χ1v) is 12.5. The van der Waals surface area contributed by atoms with Gasteiger partial charge in [0.15, 0.2) is 0 Å². The number of hydrogen-bond donors (Lipinski definition) is 2. The first-order chi connectivity index (χ1) is 15.2. The van der Waals surface area contributed by atoms with Crippen molar-refractivity contribution in [2.45, 2.75) is 77.3 Å². The molecule has 4 saturated carbocycles. The van der Waals surface area contributed by atoms with Gasteiger partial charge in [0.2, 0.25) is 5.91 Å². The minimum atomic E-state index is -0.427. The van der Waals surface area contributed by atoms with Crippen LogP contribution in [0.25, 0.3) is 0 Å². The monoisotopic (exact) mass is 448 g/mol. The van der Waals surface area contributed by atoms with Crippen molar-refractivity contribution in [1.29, 1.82) is 0 Å². The minimum absolute atomic E-state index is 0.109. The molecule has 8 heteroatoms. The molecular formula is C24H40N4O4. The predicted octanol–water partition coefficient (Wildman–Crippen LogP) is 2.97. The molecule has 0 aromatic heterocycles. The summed E-state index contributed by atoms with van der Waals surface area (Å²) in [5.74, 6) is 2.24. The number of carbonyl (C=O) groups excluding carboxylic acids is 3. The summed E-state index contributed by atoms with van der Waals surface area (Å²) in [6.45, 7) is 8.70. The number of amides is 4. The third kappa shape index (κ3) is 5.38. The average Bonchev–Trinajstić information content (AvgIpc) is 2.96. The lowest BCUT2D eigenvalue weighted by atomic mass is 9.53. The van der Waals surface area contributed by atoms with Gasteiger partial charge in [-0.05, 0) is 75.5 Å². The molecule has 5 fully saturated rings. The fourth-order valence-corrected chi connectivity index (χ4v) is 6.75. The number of nitrogens with one attached hydrogen (secondary N) is 2. The van der Waals surface area contributed by atoms with Crippen molar-refractivity contribution in [2.75, 3.05) is 32.8 Å². The summed E-state index contributed by atoms with van der Waals surface area (Å²) in [5, 5.41) is 5.82. The molecule has 1 aliphatic heterocycles. The Morgan fingerprint density at radius 3 is 2.16 bits per heavy atom. The van der Waals surface area contributed by atoms with Gasteiger partial charge in [-0.15, -0.1) is 0 Å². The van der Waals surface area contributed by atoms with Crippen molar-refractivity contribution in [3.8, 4) is 0 Å². The third-order valence-corrected chi connectivity index (χ3v) is 7.91. The second kappa shape index (κ2) is 9.57. The number of rotatable bonds is 5. The van der Waals surface area contributed by atoms with Crippen LogP contribution in [0, 0.1) is 23.7 Å². The van der Waals surface area contributed by atoms with E-state index in [2.05, 4.69) is 10.6 Å². The molecular weight excluding hydrogens is 408 g/mol. The Bertz CT molecular complexity index is 690. The van der Waals surface area contributed by atoms with Crippen molar-refractivity contribution in [3.05, 3.63) is 0 Å². The van der Waals surface area contributed by atoms with E-state index in [0.717, 1.165) is 43.4 Å². The number of urea groups is 1. The summed E-state index contributed by atoms with van der Waals surface area (Å²) in [5.41, 5.74) is -0.109. The van der Waals surface area contributed by atoms with E-state index in [0.29, 0.717) is 38.7 Å². The summed E-state index contributed by atoms with van der Waals surface area (Å²) in [4.78, 5) is 41.6. The van der Waals surface area contributed by atoms with Gasteiger partial charge in [-0.1, -0.05) is 13.8 Å². The molecule has 1 unspecified atom stereocenters. The van der Waals surface area contributed by atoms with Crippen LogP contribution in [-0.2, 0) is 9.53 Å². The number of imide groups is 1. The minimum Gasteiger partial charge on any atom is -0.449 e. The fourth-order valence-electron chi connectivity index (χ4n) is 6.75.